The molecule has 4 heteroatoms. The number of hydrogen-bond donors (Lipinski definition) is 2. The minimum Gasteiger partial charge on any atom is -0.320 e. The highest BCUT2D eigenvalue weighted by molar-refractivity contribution is 5.05. The van der Waals surface area contributed by atoms with Gasteiger partial charge in [0, 0.05) is 0 Å². The Balaban J connectivity index is 2.32. The van der Waals surface area contributed by atoms with E-state index in [0.717, 1.165) is 30.8 Å². The molecule has 1 rings (SSSR count). The second-order valence-electron chi connectivity index (χ2n) is 2.58. The van der Waals surface area contributed by atoms with E-state index in [2.05, 4.69) is 20.7 Å². The molecule has 0 fully saturated rings. The van der Waals surface area contributed by atoms with E-state index in [1.807, 2.05) is 14.0 Å². The summed E-state index contributed by atoms with van der Waals surface area (Å²) >= 11 is 0. The lowest BCUT2D eigenvalue weighted by molar-refractivity contribution is 0.711. The summed E-state index contributed by atoms with van der Waals surface area (Å²) in [6.45, 7) is 3.01. The average molecular weight is 154 g/mol. The first-order valence-electron chi connectivity index (χ1n) is 3.85. The number of aromatic amines is 1. The highest BCUT2D eigenvalue weighted by Gasteiger charge is 1.99. The number of rotatable bonds is 4. The lowest BCUT2D eigenvalue weighted by Gasteiger charge is -1.96. The second kappa shape index (κ2) is 4.08. The number of aryl methyl sites for hydroxylation is 2. The third-order valence-corrected chi connectivity index (χ3v) is 1.68. The average Bonchev–Trinajstić information content (AvgIpc) is 2.37. The Morgan fingerprint density at radius 3 is 2.91 bits per heavy atom. The molecular weight excluding hydrogens is 140 g/mol. The van der Waals surface area contributed by atoms with Gasteiger partial charge in [0.2, 0.25) is 0 Å². The molecular formula is C7H14N4. The van der Waals surface area contributed by atoms with Crippen molar-refractivity contribution in [2.45, 2.75) is 19.8 Å². The van der Waals surface area contributed by atoms with Crippen molar-refractivity contribution in [1.82, 2.24) is 20.7 Å². The number of nitrogens with zero attached hydrogens (tertiary/aromatic N) is 2. The Kier molecular flexibility index (Phi) is 3.04. The molecule has 0 atom stereocenters. The van der Waals surface area contributed by atoms with Crippen molar-refractivity contribution in [2.75, 3.05) is 13.6 Å². The molecule has 0 aliphatic heterocycles. The number of aromatic nitrogens is 3. The monoisotopic (exact) mass is 154 g/mol. The van der Waals surface area contributed by atoms with Crippen LogP contribution < -0.4 is 5.32 Å². The van der Waals surface area contributed by atoms with Gasteiger partial charge in [-0.3, -0.25) is 5.10 Å². The van der Waals surface area contributed by atoms with Gasteiger partial charge >= 0.3 is 0 Å². The third-order valence-electron chi connectivity index (χ3n) is 1.68. The maximum atomic E-state index is 3.87. The van der Waals surface area contributed by atoms with Gasteiger partial charge in [-0.25, -0.2) is 0 Å². The van der Waals surface area contributed by atoms with Crippen LogP contribution in [0.4, 0.5) is 0 Å². The lowest BCUT2D eigenvalue weighted by Crippen LogP contribution is -2.08. The molecule has 0 bridgehead atoms. The van der Waals surface area contributed by atoms with E-state index in [0.29, 0.717) is 0 Å². The van der Waals surface area contributed by atoms with E-state index in [1.165, 1.54) is 0 Å². The van der Waals surface area contributed by atoms with Crippen molar-refractivity contribution in [3.8, 4) is 0 Å². The largest absolute Gasteiger partial charge is 0.320 e. The molecule has 11 heavy (non-hydrogen) atoms. The van der Waals surface area contributed by atoms with Crippen molar-refractivity contribution >= 4 is 0 Å². The molecule has 0 aliphatic rings. The molecule has 0 saturated carbocycles. The smallest absolute Gasteiger partial charge is 0.0825 e. The van der Waals surface area contributed by atoms with Gasteiger partial charge < -0.3 is 5.32 Å². The fraction of sp³-hybridized carbons (Fsp3) is 0.714. The Morgan fingerprint density at radius 1 is 1.55 bits per heavy atom. The van der Waals surface area contributed by atoms with E-state index < -0.39 is 0 Å². The molecule has 2 N–H and O–H groups in total. The Labute approximate surface area is 66.4 Å². The third kappa shape index (κ3) is 2.31. The van der Waals surface area contributed by atoms with Crippen molar-refractivity contribution in [3.63, 3.8) is 0 Å². The van der Waals surface area contributed by atoms with Gasteiger partial charge in [-0.1, -0.05) is 5.21 Å². The molecule has 0 unspecified atom stereocenters. The van der Waals surface area contributed by atoms with Crippen LogP contribution in [0.2, 0.25) is 0 Å². The minimum atomic E-state index is 1.01. The Bertz CT molecular complexity index is 206. The first-order valence-corrected chi connectivity index (χ1v) is 3.85. The Morgan fingerprint density at radius 2 is 2.36 bits per heavy atom. The molecule has 1 aromatic rings. The summed E-state index contributed by atoms with van der Waals surface area (Å²) in [4.78, 5) is 0. The van der Waals surface area contributed by atoms with Crippen LogP contribution >= 0.6 is 0 Å². The summed E-state index contributed by atoms with van der Waals surface area (Å²) in [7, 11) is 1.96. The predicted octanol–water partition coefficient (Wildman–Crippen LogP) is 0.265. The van der Waals surface area contributed by atoms with Crippen molar-refractivity contribution < 1.29 is 0 Å². The summed E-state index contributed by atoms with van der Waals surface area (Å²) in [5.41, 5.74) is 2.17. The van der Waals surface area contributed by atoms with E-state index in [4.69, 9.17) is 0 Å². The molecule has 1 aromatic heterocycles. The summed E-state index contributed by atoms with van der Waals surface area (Å²) in [5.74, 6) is 0. The van der Waals surface area contributed by atoms with Crippen LogP contribution in [-0.4, -0.2) is 29.0 Å². The fourth-order valence-corrected chi connectivity index (χ4v) is 0.980. The zero-order valence-corrected chi connectivity index (χ0v) is 7.02. The van der Waals surface area contributed by atoms with Crippen LogP contribution in [0.15, 0.2) is 0 Å². The molecule has 0 saturated heterocycles. The fourth-order valence-electron chi connectivity index (χ4n) is 0.980. The van der Waals surface area contributed by atoms with Crippen LogP contribution in [0.1, 0.15) is 17.8 Å². The molecule has 4 nitrogen and oxygen atoms in total. The highest BCUT2D eigenvalue weighted by Crippen LogP contribution is 2.00. The van der Waals surface area contributed by atoms with Crippen LogP contribution in [0, 0.1) is 6.92 Å². The van der Waals surface area contributed by atoms with E-state index >= 15 is 0 Å². The van der Waals surface area contributed by atoms with E-state index in [9.17, 15) is 0 Å². The zero-order chi connectivity index (χ0) is 8.10. The van der Waals surface area contributed by atoms with Gasteiger partial charge in [-0.2, -0.15) is 0 Å². The maximum absolute atomic E-state index is 3.87. The van der Waals surface area contributed by atoms with Crippen molar-refractivity contribution in [3.05, 3.63) is 11.4 Å². The normalized spacial score (nSPS) is 10.4. The molecule has 1 heterocycles. The molecule has 0 aromatic carbocycles. The van der Waals surface area contributed by atoms with Gasteiger partial charge in [0.15, 0.2) is 0 Å². The Hall–Kier alpha value is -0.900. The van der Waals surface area contributed by atoms with Gasteiger partial charge in [0.25, 0.3) is 0 Å². The van der Waals surface area contributed by atoms with E-state index in [1.54, 1.807) is 0 Å². The minimum absolute atomic E-state index is 1.01. The predicted molar refractivity (Wildman–Crippen MR) is 43.4 cm³/mol. The standard InChI is InChI=1S/C7H14N4/c1-6-7(10-11-9-6)4-3-5-8-2/h8H,3-5H2,1-2H3,(H,9,10,11). The van der Waals surface area contributed by atoms with Crippen LogP contribution in [0.5, 0.6) is 0 Å². The number of H-pyrrole nitrogens is 1. The van der Waals surface area contributed by atoms with Gasteiger partial charge in [-0.05, 0) is 33.4 Å². The number of nitrogens with one attached hydrogen (secondary N) is 2. The topological polar surface area (TPSA) is 53.6 Å². The summed E-state index contributed by atoms with van der Waals surface area (Å²) in [5, 5.41) is 13.5. The zero-order valence-electron chi connectivity index (χ0n) is 7.02. The highest BCUT2D eigenvalue weighted by atomic mass is 15.3. The van der Waals surface area contributed by atoms with E-state index in [-0.39, 0.29) is 0 Å². The van der Waals surface area contributed by atoms with Gasteiger partial charge in [0.1, 0.15) is 0 Å². The SMILES string of the molecule is CNCCCc1[nH]nnc1C. The van der Waals surface area contributed by atoms with Crippen LogP contribution in [-0.2, 0) is 6.42 Å². The maximum Gasteiger partial charge on any atom is 0.0825 e. The molecule has 0 radical (unpaired) electrons. The lowest BCUT2D eigenvalue weighted by atomic mass is 10.2. The summed E-state index contributed by atoms with van der Waals surface area (Å²) in [6, 6.07) is 0. The first kappa shape index (κ1) is 8.20. The molecule has 62 valence electrons. The second-order valence-corrected chi connectivity index (χ2v) is 2.58. The molecule has 0 spiro atoms. The van der Waals surface area contributed by atoms with Gasteiger partial charge in [0.05, 0.1) is 11.4 Å². The van der Waals surface area contributed by atoms with Crippen molar-refractivity contribution in [1.29, 1.82) is 0 Å². The molecule has 0 aliphatic carbocycles. The van der Waals surface area contributed by atoms with Crippen LogP contribution in [0.3, 0.4) is 0 Å². The van der Waals surface area contributed by atoms with Gasteiger partial charge in [-0.15, -0.1) is 5.10 Å². The summed E-state index contributed by atoms with van der Waals surface area (Å²) < 4.78 is 0. The first-order chi connectivity index (χ1) is 5.34. The summed E-state index contributed by atoms with van der Waals surface area (Å²) in [6.07, 6.45) is 2.15. The van der Waals surface area contributed by atoms with Crippen LogP contribution in [0.25, 0.3) is 0 Å². The number of hydrogen-bond acceptors (Lipinski definition) is 3. The van der Waals surface area contributed by atoms with Crippen molar-refractivity contribution in [2.24, 2.45) is 0 Å². The molecule has 0 amide bonds. The quantitative estimate of drug-likeness (QED) is 0.612.